The molecule has 3 N–H and O–H groups in total. The van der Waals surface area contributed by atoms with Gasteiger partial charge in [0.15, 0.2) is 0 Å². The molecular weight excluding hydrogens is 338 g/mol. The smallest absolute Gasteiger partial charge is 0.259 e. The molecule has 0 atom stereocenters. The van der Waals surface area contributed by atoms with Crippen molar-refractivity contribution in [2.75, 3.05) is 11.1 Å². The van der Waals surface area contributed by atoms with E-state index in [0.717, 1.165) is 23.4 Å². The number of aromatic nitrogens is 1. The normalized spacial score (nSPS) is 10.5. The van der Waals surface area contributed by atoms with Gasteiger partial charge < -0.3 is 15.8 Å². The van der Waals surface area contributed by atoms with Crippen molar-refractivity contribution in [3.63, 3.8) is 0 Å². The Morgan fingerprint density at radius 2 is 1.81 bits per heavy atom. The molecule has 5 nitrogen and oxygen atoms in total. The topological polar surface area (TPSA) is 77.2 Å². The molecule has 0 saturated heterocycles. The van der Waals surface area contributed by atoms with Crippen LogP contribution in [-0.2, 0) is 6.42 Å². The molecule has 3 aromatic rings. The van der Waals surface area contributed by atoms with Gasteiger partial charge in [0.25, 0.3) is 5.91 Å². The van der Waals surface area contributed by atoms with Crippen LogP contribution >= 0.6 is 0 Å². The van der Waals surface area contributed by atoms with Gasteiger partial charge in [-0.05, 0) is 73.9 Å². The fraction of sp³-hybridized carbons (Fsp3) is 0.182. The minimum absolute atomic E-state index is 0.228. The number of hydrogen-bond acceptors (Lipinski definition) is 4. The van der Waals surface area contributed by atoms with Gasteiger partial charge in [-0.25, -0.2) is 4.98 Å². The molecule has 0 bridgehead atoms. The number of aryl methyl sites for hydroxylation is 3. The lowest BCUT2D eigenvalue weighted by Gasteiger charge is -2.11. The average molecular weight is 361 g/mol. The Hall–Kier alpha value is -3.34. The summed E-state index contributed by atoms with van der Waals surface area (Å²) in [6.07, 6.45) is 0.957. The van der Waals surface area contributed by atoms with Crippen LogP contribution in [-0.4, -0.2) is 10.9 Å². The fourth-order valence-corrected chi connectivity index (χ4v) is 2.68. The number of rotatable bonds is 5. The monoisotopic (exact) mass is 361 g/mol. The van der Waals surface area contributed by atoms with Crippen LogP contribution in [0.2, 0.25) is 0 Å². The SMILES string of the molecule is CCc1cccc(Oc2ccc(NC(=O)c3cc(C)c(C)nc3N)cc2)c1. The predicted molar refractivity (Wildman–Crippen MR) is 108 cm³/mol. The third kappa shape index (κ3) is 4.44. The molecule has 0 saturated carbocycles. The maximum absolute atomic E-state index is 12.5. The summed E-state index contributed by atoms with van der Waals surface area (Å²) in [4.78, 5) is 16.7. The summed E-state index contributed by atoms with van der Waals surface area (Å²) in [6, 6.07) is 17.0. The molecule has 0 fully saturated rings. The summed E-state index contributed by atoms with van der Waals surface area (Å²) < 4.78 is 5.87. The lowest BCUT2D eigenvalue weighted by molar-refractivity contribution is 0.102. The van der Waals surface area contributed by atoms with E-state index in [0.29, 0.717) is 17.0 Å². The molecular formula is C22H23N3O2. The van der Waals surface area contributed by atoms with Crippen molar-refractivity contribution in [3.05, 3.63) is 77.0 Å². The summed E-state index contributed by atoms with van der Waals surface area (Å²) in [6.45, 7) is 5.87. The Balaban J connectivity index is 1.70. The molecule has 3 rings (SSSR count). The van der Waals surface area contributed by atoms with E-state index in [9.17, 15) is 4.79 Å². The zero-order valence-corrected chi connectivity index (χ0v) is 15.7. The molecule has 0 aliphatic rings. The van der Waals surface area contributed by atoms with Crippen LogP contribution in [0.3, 0.4) is 0 Å². The van der Waals surface area contributed by atoms with Gasteiger partial charge >= 0.3 is 0 Å². The molecule has 138 valence electrons. The third-order valence-corrected chi connectivity index (χ3v) is 4.39. The number of nitrogens with two attached hydrogens (primary N) is 1. The highest BCUT2D eigenvalue weighted by atomic mass is 16.5. The molecule has 0 unspecified atom stereocenters. The van der Waals surface area contributed by atoms with Gasteiger partial charge in [0.1, 0.15) is 17.3 Å². The van der Waals surface area contributed by atoms with Crippen molar-refractivity contribution in [3.8, 4) is 11.5 Å². The van der Waals surface area contributed by atoms with Crippen LogP contribution in [0.25, 0.3) is 0 Å². The number of ether oxygens (including phenoxy) is 1. The Morgan fingerprint density at radius 1 is 1.07 bits per heavy atom. The van der Waals surface area contributed by atoms with E-state index in [-0.39, 0.29) is 11.7 Å². The first-order valence-corrected chi connectivity index (χ1v) is 8.88. The van der Waals surface area contributed by atoms with Crippen molar-refractivity contribution in [2.45, 2.75) is 27.2 Å². The lowest BCUT2D eigenvalue weighted by atomic mass is 10.1. The number of pyridine rings is 1. The number of anilines is 2. The van der Waals surface area contributed by atoms with Gasteiger partial charge in [-0.2, -0.15) is 0 Å². The molecule has 0 aliphatic heterocycles. The highest BCUT2D eigenvalue weighted by Crippen LogP contribution is 2.24. The minimum Gasteiger partial charge on any atom is -0.457 e. The second kappa shape index (κ2) is 7.91. The first kappa shape index (κ1) is 18.5. The molecule has 1 heterocycles. The second-order valence-electron chi connectivity index (χ2n) is 6.41. The fourth-order valence-electron chi connectivity index (χ4n) is 2.68. The molecule has 0 radical (unpaired) electrons. The summed E-state index contributed by atoms with van der Waals surface area (Å²) >= 11 is 0. The number of benzene rings is 2. The van der Waals surface area contributed by atoms with E-state index in [1.165, 1.54) is 5.56 Å². The van der Waals surface area contributed by atoms with Crippen molar-refractivity contribution in [2.24, 2.45) is 0 Å². The largest absolute Gasteiger partial charge is 0.457 e. The predicted octanol–water partition coefficient (Wildman–Crippen LogP) is 4.89. The van der Waals surface area contributed by atoms with E-state index < -0.39 is 0 Å². The van der Waals surface area contributed by atoms with Crippen molar-refractivity contribution in [1.29, 1.82) is 0 Å². The highest BCUT2D eigenvalue weighted by Gasteiger charge is 2.13. The quantitative estimate of drug-likeness (QED) is 0.678. The number of carbonyl (C=O) groups is 1. The summed E-state index contributed by atoms with van der Waals surface area (Å²) in [7, 11) is 0. The number of nitrogens with one attached hydrogen (secondary N) is 1. The Labute approximate surface area is 159 Å². The molecule has 0 spiro atoms. The maximum atomic E-state index is 12.5. The Kier molecular flexibility index (Phi) is 5.41. The number of nitrogen functional groups attached to an aromatic ring is 1. The van der Waals surface area contributed by atoms with Crippen molar-refractivity contribution in [1.82, 2.24) is 4.98 Å². The number of nitrogens with zero attached hydrogens (tertiary/aromatic N) is 1. The molecule has 2 aromatic carbocycles. The standard InChI is InChI=1S/C22H23N3O2/c1-4-16-6-5-7-19(13-16)27-18-10-8-17(9-11-18)25-22(26)20-12-14(2)15(3)24-21(20)23/h5-13H,4H2,1-3H3,(H2,23,24)(H,25,26). The zero-order chi connectivity index (χ0) is 19.4. The van der Waals surface area contributed by atoms with Crippen LogP contribution < -0.4 is 15.8 Å². The number of hydrogen-bond donors (Lipinski definition) is 2. The molecule has 5 heteroatoms. The molecule has 1 amide bonds. The minimum atomic E-state index is -0.285. The summed E-state index contributed by atoms with van der Waals surface area (Å²) in [5.41, 5.74) is 9.88. The van der Waals surface area contributed by atoms with Gasteiger partial charge in [0.2, 0.25) is 0 Å². The van der Waals surface area contributed by atoms with Gasteiger partial charge in [-0.1, -0.05) is 19.1 Å². The first-order valence-electron chi connectivity index (χ1n) is 8.88. The lowest BCUT2D eigenvalue weighted by Crippen LogP contribution is -2.15. The Morgan fingerprint density at radius 3 is 2.52 bits per heavy atom. The third-order valence-electron chi connectivity index (χ3n) is 4.39. The first-order chi connectivity index (χ1) is 13.0. The van der Waals surface area contributed by atoms with E-state index in [4.69, 9.17) is 10.5 Å². The molecule has 27 heavy (non-hydrogen) atoms. The van der Waals surface area contributed by atoms with E-state index >= 15 is 0 Å². The van der Waals surface area contributed by atoms with Gasteiger partial charge in [0.05, 0.1) is 5.56 Å². The highest BCUT2D eigenvalue weighted by molar-refractivity contribution is 6.07. The van der Waals surface area contributed by atoms with Gasteiger partial charge in [0, 0.05) is 11.4 Å². The van der Waals surface area contributed by atoms with Crippen LogP contribution in [0.1, 0.15) is 34.1 Å². The molecule has 0 aliphatic carbocycles. The van der Waals surface area contributed by atoms with E-state index in [2.05, 4.69) is 23.3 Å². The van der Waals surface area contributed by atoms with E-state index in [1.54, 1.807) is 18.2 Å². The summed E-state index contributed by atoms with van der Waals surface area (Å²) in [5, 5.41) is 2.84. The summed E-state index contributed by atoms with van der Waals surface area (Å²) in [5.74, 6) is 1.44. The van der Waals surface area contributed by atoms with Crippen molar-refractivity contribution >= 4 is 17.4 Å². The maximum Gasteiger partial charge on any atom is 0.259 e. The van der Waals surface area contributed by atoms with Crippen LogP contribution in [0.4, 0.5) is 11.5 Å². The molecule has 1 aromatic heterocycles. The second-order valence-corrected chi connectivity index (χ2v) is 6.41. The van der Waals surface area contributed by atoms with E-state index in [1.807, 2.05) is 44.2 Å². The van der Waals surface area contributed by atoms with Gasteiger partial charge in [-0.3, -0.25) is 4.79 Å². The number of amides is 1. The Bertz CT molecular complexity index is 966. The van der Waals surface area contributed by atoms with Gasteiger partial charge in [-0.15, -0.1) is 0 Å². The number of carbonyl (C=O) groups excluding carboxylic acids is 1. The average Bonchev–Trinajstić information content (AvgIpc) is 2.66. The van der Waals surface area contributed by atoms with Crippen LogP contribution in [0.15, 0.2) is 54.6 Å². The zero-order valence-electron chi connectivity index (χ0n) is 15.7. The van der Waals surface area contributed by atoms with Crippen molar-refractivity contribution < 1.29 is 9.53 Å². The van der Waals surface area contributed by atoms with Crippen LogP contribution in [0, 0.1) is 13.8 Å². The van der Waals surface area contributed by atoms with Crippen LogP contribution in [0.5, 0.6) is 11.5 Å².